The average molecular weight is 382 g/mol. The molecule has 1 aliphatic carbocycles. The van der Waals surface area contributed by atoms with Gasteiger partial charge in [0.1, 0.15) is 5.70 Å². The summed E-state index contributed by atoms with van der Waals surface area (Å²) in [5.41, 5.74) is 3.27. The summed E-state index contributed by atoms with van der Waals surface area (Å²) in [6, 6.07) is 8.07. The Morgan fingerprint density at radius 3 is 2.04 bits per heavy atom. The third-order valence-corrected chi connectivity index (χ3v) is 6.44. The summed E-state index contributed by atoms with van der Waals surface area (Å²) in [6.45, 7) is 5.45. The fourth-order valence-electron chi connectivity index (χ4n) is 4.69. The van der Waals surface area contributed by atoms with Crippen LogP contribution in [0.2, 0.25) is 0 Å². The van der Waals surface area contributed by atoms with Crippen molar-refractivity contribution in [2.24, 2.45) is 0 Å². The van der Waals surface area contributed by atoms with Crippen molar-refractivity contribution in [2.45, 2.75) is 51.5 Å². The number of likely N-dealkylation sites (N-methyl/N-ethyl adjacent to an activating group) is 1. The molecular weight excluding hydrogens is 350 g/mol. The van der Waals surface area contributed by atoms with Crippen LogP contribution in [0.5, 0.6) is 0 Å². The number of imide groups is 1. The van der Waals surface area contributed by atoms with Crippen LogP contribution in [0.3, 0.4) is 0 Å². The van der Waals surface area contributed by atoms with E-state index in [1.807, 2.05) is 31.2 Å². The number of rotatable bonds is 3. The zero-order chi connectivity index (χ0) is 19.7. The van der Waals surface area contributed by atoms with Crippen LogP contribution < -0.4 is 0 Å². The van der Waals surface area contributed by atoms with Gasteiger partial charge in [0.25, 0.3) is 11.8 Å². The number of hydrogen-bond donors (Lipinski definition) is 0. The second-order valence-corrected chi connectivity index (χ2v) is 8.51. The van der Waals surface area contributed by atoms with E-state index in [4.69, 9.17) is 0 Å². The van der Waals surface area contributed by atoms with Crippen molar-refractivity contribution in [2.75, 3.05) is 33.2 Å². The molecule has 5 heteroatoms. The monoisotopic (exact) mass is 381 g/mol. The Balaban J connectivity index is 1.72. The minimum atomic E-state index is -0.0883. The standard InChI is InChI=1S/C23H31N3O2/c1-17-9-11-18(12-10-17)20-21(25-15-13-24(2)14-16-25)23(28)26(22(20)27)19-7-5-3-4-6-8-19/h9-12,19H,3-8,13-16H2,1-2H3. The van der Waals surface area contributed by atoms with Crippen LogP contribution in [0, 0.1) is 6.92 Å². The Hall–Kier alpha value is -2.14. The molecule has 2 heterocycles. The Bertz CT molecular complexity index is 768. The third kappa shape index (κ3) is 3.60. The first-order valence-electron chi connectivity index (χ1n) is 10.7. The molecule has 5 nitrogen and oxygen atoms in total. The van der Waals surface area contributed by atoms with E-state index in [0.717, 1.165) is 63.0 Å². The molecule has 0 N–H and O–H groups in total. The van der Waals surface area contributed by atoms with Gasteiger partial charge in [0, 0.05) is 32.2 Å². The Kier molecular flexibility index (Phi) is 5.54. The molecule has 1 saturated carbocycles. The van der Waals surface area contributed by atoms with Crippen LogP contribution in [0.15, 0.2) is 30.0 Å². The van der Waals surface area contributed by atoms with Gasteiger partial charge in [0.2, 0.25) is 0 Å². The van der Waals surface area contributed by atoms with Gasteiger partial charge in [-0.2, -0.15) is 0 Å². The van der Waals surface area contributed by atoms with Gasteiger partial charge in [0.05, 0.1) is 5.57 Å². The molecule has 28 heavy (non-hydrogen) atoms. The second kappa shape index (κ2) is 8.08. The van der Waals surface area contributed by atoms with Gasteiger partial charge in [-0.05, 0) is 32.4 Å². The van der Waals surface area contributed by atoms with E-state index in [1.54, 1.807) is 4.90 Å². The fraction of sp³-hybridized carbons (Fsp3) is 0.565. The van der Waals surface area contributed by atoms with Gasteiger partial charge in [-0.15, -0.1) is 0 Å². The van der Waals surface area contributed by atoms with Gasteiger partial charge in [0.15, 0.2) is 0 Å². The highest BCUT2D eigenvalue weighted by atomic mass is 16.2. The number of carbonyl (C=O) groups excluding carboxylic acids is 2. The maximum absolute atomic E-state index is 13.6. The Morgan fingerprint density at radius 2 is 1.43 bits per heavy atom. The first-order chi connectivity index (χ1) is 13.6. The van der Waals surface area contributed by atoms with E-state index < -0.39 is 0 Å². The lowest BCUT2D eigenvalue weighted by Crippen LogP contribution is -2.47. The zero-order valence-electron chi connectivity index (χ0n) is 17.1. The molecule has 3 aliphatic rings. The number of piperazine rings is 1. The smallest absolute Gasteiger partial charge is 0.278 e. The summed E-state index contributed by atoms with van der Waals surface area (Å²) >= 11 is 0. The van der Waals surface area contributed by atoms with Crippen molar-refractivity contribution in [3.05, 3.63) is 41.1 Å². The third-order valence-electron chi connectivity index (χ3n) is 6.44. The van der Waals surface area contributed by atoms with E-state index in [0.29, 0.717) is 11.3 Å². The van der Waals surface area contributed by atoms with Gasteiger partial charge in [-0.1, -0.05) is 55.5 Å². The number of hydrogen-bond acceptors (Lipinski definition) is 4. The topological polar surface area (TPSA) is 43.9 Å². The molecule has 0 radical (unpaired) electrons. The number of nitrogens with zero attached hydrogens (tertiary/aromatic N) is 3. The van der Waals surface area contributed by atoms with Gasteiger partial charge < -0.3 is 9.80 Å². The van der Waals surface area contributed by atoms with Gasteiger partial charge >= 0.3 is 0 Å². The van der Waals surface area contributed by atoms with Crippen molar-refractivity contribution >= 4 is 17.4 Å². The van der Waals surface area contributed by atoms with Crippen LogP contribution in [0.1, 0.15) is 49.7 Å². The summed E-state index contributed by atoms with van der Waals surface area (Å²) in [5, 5.41) is 0. The summed E-state index contributed by atoms with van der Waals surface area (Å²) in [7, 11) is 2.10. The Labute approximate surface area is 168 Å². The van der Waals surface area contributed by atoms with E-state index in [9.17, 15) is 9.59 Å². The number of aryl methyl sites for hydroxylation is 1. The first kappa shape index (κ1) is 19.2. The fourth-order valence-corrected chi connectivity index (χ4v) is 4.69. The highest BCUT2D eigenvalue weighted by Gasteiger charge is 2.44. The van der Waals surface area contributed by atoms with Crippen LogP contribution in [0.4, 0.5) is 0 Å². The molecule has 1 aromatic carbocycles. The molecule has 0 unspecified atom stereocenters. The van der Waals surface area contributed by atoms with Gasteiger partial charge in [-0.3, -0.25) is 14.5 Å². The number of benzene rings is 1. The van der Waals surface area contributed by atoms with Crippen molar-refractivity contribution < 1.29 is 9.59 Å². The summed E-state index contributed by atoms with van der Waals surface area (Å²) < 4.78 is 0. The van der Waals surface area contributed by atoms with E-state index in [2.05, 4.69) is 16.8 Å². The largest absolute Gasteiger partial charge is 0.364 e. The lowest BCUT2D eigenvalue weighted by Gasteiger charge is -2.35. The molecule has 0 spiro atoms. The molecule has 0 bridgehead atoms. The molecular formula is C23H31N3O2. The predicted octanol–water partition coefficient (Wildman–Crippen LogP) is 3.05. The molecule has 4 rings (SSSR count). The number of amides is 2. The minimum absolute atomic E-state index is 0.0490. The van der Waals surface area contributed by atoms with Crippen molar-refractivity contribution in [1.29, 1.82) is 0 Å². The summed E-state index contributed by atoms with van der Waals surface area (Å²) in [5.74, 6) is -0.160. The van der Waals surface area contributed by atoms with E-state index >= 15 is 0 Å². The molecule has 1 saturated heterocycles. The molecule has 1 aromatic rings. The van der Waals surface area contributed by atoms with Crippen LogP contribution in [-0.4, -0.2) is 65.8 Å². The normalized spacial score (nSPS) is 22.9. The maximum atomic E-state index is 13.6. The highest BCUT2D eigenvalue weighted by Crippen LogP contribution is 2.36. The molecule has 0 atom stereocenters. The summed E-state index contributed by atoms with van der Waals surface area (Å²) in [6.07, 6.45) is 6.49. The zero-order valence-corrected chi connectivity index (χ0v) is 17.1. The molecule has 2 aliphatic heterocycles. The summed E-state index contributed by atoms with van der Waals surface area (Å²) in [4.78, 5) is 33.1. The highest BCUT2D eigenvalue weighted by molar-refractivity contribution is 6.35. The maximum Gasteiger partial charge on any atom is 0.278 e. The van der Waals surface area contributed by atoms with E-state index in [-0.39, 0.29) is 17.9 Å². The lowest BCUT2D eigenvalue weighted by molar-refractivity contribution is -0.140. The lowest BCUT2D eigenvalue weighted by atomic mass is 10.0. The van der Waals surface area contributed by atoms with E-state index in [1.165, 1.54) is 12.8 Å². The van der Waals surface area contributed by atoms with Crippen molar-refractivity contribution in [3.63, 3.8) is 0 Å². The van der Waals surface area contributed by atoms with Crippen molar-refractivity contribution in [3.8, 4) is 0 Å². The minimum Gasteiger partial charge on any atom is -0.364 e. The van der Waals surface area contributed by atoms with Gasteiger partial charge in [-0.25, -0.2) is 0 Å². The molecule has 2 fully saturated rings. The number of carbonyl (C=O) groups is 2. The quantitative estimate of drug-likeness (QED) is 0.596. The van der Waals surface area contributed by atoms with Crippen molar-refractivity contribution in [1.82, 2.24) is 14.7 Å². The van der Waals surface area contributed by atoms with Crippen LogP contribution >= 0.6 is 0 Å². The van der Waals surface area contributed by atoms with Crippen LogP contribution in [0.25, 0.3) is 5.57 Å². The van der Waals surface area contributed by atoms with Crippen LogP contribution in [-0.2, 0) is 9.59 Å². The second-order valence-electron chi connectivity index (χ2n) is 8.51. The average Bonchev–Trinajstić information content (AvgIpc) is 2.85. The first-order valence-corrected chi connectivity index (χ1v) is 10.7. The SMILES string of the molecule is Cc1ccc(C2=C(N3CCN(C)CC3)C(=O)N(C3CCCCCC3)C2=O)cc1. The Morgan fingerprint density at radius 1 is 0.821 bits per heavy atom. The predicted molar refractivity (Wildman–Crippen MR) is 111 cm³/mol. The molecule has 0 aromatic heterocycles. The molecule has 2 amide bonds. The molecule has 150 valence electrons.